The van der Waals surface area contributed by atoms with Crippen molar-refractivity contribution in [3.05, 3.63) is 40.5 Å². The topological polar surface area (TPSA) is 346 Å². The molecule has 0 atom stereocenters. The van der Waals surface area contributed by atoms with Crippen molar-refractivity contribution in [3.8, 4) is 0 Å². The summed E-state index contributed by atoms with van der Waals surface area (Å²) in [6, 6.07) is 0. The lowest BCUT2D eigenvalue weighted by atomic mass is 12.8. The highest BCUT2D eigenvalue weighted by molar-refractivity contribution is 3.88. The van der Waals surface area contributed by atoms with Crippen LogP contribution in [-0.4, -0.2) is 35.9 Å². The lowest BCUT2D eigenvalue weighted by Gasteiger charge is -1.61. The minimum Gasteiger partial charge on any atom is -0.344 e. The van der Waals surface area contributed by atoms with Gasteiger partial charge in [0.2, 0.25) is 0 Å². The van der Waals surface area contributed by atoms with Crippen LogP contribution in [0.4, 0.5) is 0 Å². The van der Waals surface area contributed by atoms with Crippen LogP contribution in [0.25, 0.3) is 0 Å². The van der Waals surface area contributed by atoms with Gasteiger partial charge in [-0.2, -0.15) is 11.7 Å². The number of rotatable bonds is 0. The molecule has 118 valence electrons. The molecule has 19 heavy (non-hydrogen) atoms. The zero-order valence-electron chi connectivity index (χ0n) is 8.84. The summed E-state index contributed by atoms with van der Waals surface area (Å²) >= 11 is 0. The van der Waals surface area contributed by atoms with E-state index in [1.807, 2.05) is 0 Å². The van der Waals surface area contributed by atoms with E-state index < -0.39 is 20.2 Å². The first kappa shape index (κ1) is 36.1. The molecule has 0 aliphatic rings. The molecule has 0 aliphatic heterocycles. The summed E-state index contributed by atoms with van der Waals surface area (Å²) in [5, 5.41) is 48.9. The van der Waals surface area contributed by atoms with Crippen molar-refractivity contribution in [1.82, 2.24) is 6.15 Å². The van der Waals surface area contributed by atoms with Gasteiger partial charge in [-0.25, -0.2) is 26.1 Å². The van der Waals surface area contributed by atoms with Crippen LogP contribution in [0.5, 0.6) is 0 Å². The van der Waals surface area contributed by atoms with E-state index in [0.717, 1.165) is 0 Å². The standard InChI is InChI=1S/2H2N2O2.2HNO3.H3NO.H3N/c2*1-2(3)4;2*2-1(3)4;1-2;/h2*1H2;2*(H,2,3,4);2H,1H2;1H3. The highest BCUT2D eigenvalue weighted by atomic mass is 16.9. The van der Waals surface area contributed by atoms with E-state index in [4.69, 9.17) is 56.1 Å². The second-order valence-corrected chi connectivity index (χ2v) is 1.05. The van der Waals surface area contributed by atoms with Crippen LogP contribution in [0, 0.1) is 40.5 Å². The average Bonchev–Trinajstić information content (AvgIpc) is 2.01. The fourth-order valence-electron chi connectivity index (χ4n) is 0. The molecule has 0 spiro atoms. The summed E-state index contributed by atoms with van der Waals surface area (Å²) in [6.45, 7) is 0. The van der Waals surface area contributed by atoms with Gasteiger partial charge in [0.05, 0.1) is 0 Å². The Morgan fingerprint density at radius 3 is 0.684 bits per heavy atom. The van der Waals surface area contributed by atoms with Crippen molar-refractivity contribution in [2.75, 3.05) is 0 Å². The maximum absolute atomic E-state index is 8.58. The van der Waals surface area contributed by atoms with Gasteiger partial charge in [0.25, 0.3) is 10.2 Å². The summed E-state index contributed by atoms with van der Waals surface area (Å²) in [5.74, 6) is 11.2. The Morgan fingerprint density at radius 2 is 0.684 bits per heavy atom. The number of nitrogens with two attached hydrogens (primary N) is 3. The van der Waals surface area contributed by atoms with Crippen LogP contribution in [0.2, 0.25) is 0 Å². The number of hydrogen-bond acceptors (Lipinski definition) is 11. The van der Waals surface area contributed by atoms with E-state index in [1.54, 1.807) is 0 Å². The molecule has 0 aromatic carbocycles. The largest absolute Gasteiger partial charge is 0.344 e. The van der Waals surface area contributed by atoms with Crippen LogP contribution in [0.1, 0.15) is 0 Å². The summed E-state index contributed by atoms with van der Waals surface area (Å²) in [6.07, 6.45) is 0. The number of hydrazine groups is 2. The average molecular weight is 300 g/mol. The fourth-order valence-corrected chi connectivity index (χ4v) is 0. The van der Waals surface area contributed by atoms with Crippen molar-refractivity contribution in [3.63, 3.8) is 0 Å². The first-order valence-electron chi connectivity index (χ1n) is 2.64. The lowest BCUT2D eigenvalue weighted by molar-refractivity contribution is -0.742. The molecule has 0 bridgehead atoms. The van der Waals surface area contributed by atoms with Crippen LogP contribution in [0.15, 0.2) is 0 Å². The zero-order chi connectivity index (χ0) is 16.3. The molecule has 12 N–H and O–H groups in total. The van der Waals surface area contributed by atoms with Crippen molar-refractivity contribution < 1.29 is 35.9 Å². The summed E-state index contributed by atoms with van der Waals surface area (Å²) < 4.78 is 0. The first-order valence-corrected chi connectivity index (χ1v) is 2.64. The van der Waals surface area contributed by atoms with Crippen molar-refractivity contribution in [2.24, 2.45) is 17.6 Å². The smallest absolute Gasteiger partial charge is 0.291 e. The van der Waals surface area contributed by atoms with Gasteiger partial charge in [-0.05, 0) is 0 Å². The first-order chi connectivity index (χ1) is 7.93. The third kappa shape index (κ3) is 214. The van der Waals surface area contributed by atoms with Gasteiger partial charge in [-0.15, -0.1) is 20.2 Å². The minimum absolute atomic E-state index is 0. The van der Waals surface area contributed by atoms with Gasteiger partial charge in [0.15, 0.2) is 10.1 Å². The zero-order valence-corrected chi connectivity index (χ0v) is 8.84. The molecule has 0 saturated heterocycles. The van der Waals surface area contributed by atoms with Crippen molar-refractivity contribution in [1.29, 1.82) is 0 Å². The lowest BCUT2D eigenvalue weighted by Crippen LogP contribution is -2.04. The maximum Gasteiger partial charge on any atom is 0.291 e. The molecule has 0 aromatic rings. The van der Waals surface area contributed by atoms with E-state index in [2.05, 4.69) is 17.6 Å². The minimum atomic E-state index is -1.50. The van der Waals surface area contributed by atoms with E-state index in [9.17, 15) is 0 Å². The Labute approximate surface area is 101 Å². The number of nitrogens with zero attached hydrogens (tertiary/aromatic N) is 4. The Kier molecular flexibility index (Phi) is 69.2. The molecule has 19 nitrogen and oxygen atoms in total. The molecule has 0 rings (SSSR count). The van der Waals surface area contributed by atoms with Crippen molar-refractivity contribution in [2.45, 2.75) is 0 Å². The normalized spacial score (nSPS) is 5.37. The van der Waals surface area contributed by atoms with Gasteiger partial charge >= 0.3 is 0 Å². The van der Waals surface area contributed by atoms with E-state index in [1.165, 1.54) is 0 Å². The van der Waals surface area contributed by atoms with E-state index in [0.29, 0.717) is 0 Å². The highest BCUT2D eigenvalue weighted by Crippen LogP contribution is 1.38. The van der Waals surface area contributed by atoms with Gasteiger partial charge in [-0.1, -0.05) is 0 Å². The van der Waals surface area contributed by atoms with E-state index in [-0.39, 0.29) is 6.15 Å². The van der Waals surface area contributed by atoms with Gasteiger partial charge in [0, 0.05) is 0 Å². The molecule has 0 amide bonds. The molecule has 0 heterocycles. The molecular formula is H12N8O11. The SMILES string of the molecule is N.NO.N[N+](=O)[O-].N[N+](=O)[O-].O=[N+]([O-])O.O=[N+]([O-])O. The maximum atomic E-state index is 8.58. The van der Waals surface area contributed by atoms with Gasteiger partial charge in [0.1, 0.15) is 0 Å². The second kappa shape index (κ2) is 36.5. The van der Waals surface area contributed by atoms with Crippen molar-refractivity contribution >= 4 is 0 Å². The summed E-state index contributed by atoms with van der Waals surface area (Å²) in [4.78, 5) is 33.9. The summed E-state index contributed by atoms with van der Waals surface area (Å²) in [5.41, 5.74) is 0. The Bertz CT molecular complexity index is 159. The molecule has 0 fully saturated rings. The van der Waals surface area contributed by atoms with E-state index >= 15 is 0 Å². The molecule has 0 aliphatic carbocycles. The Balaban J connectivity index is -0.0000000279. The monoisotopic (exact) mass is 300 g/mol. The fraction of sp³-hybridized carbons (Fsp3) is 0. The third-order valence-corrected chi connectivity index (χ3v) is 0. The molecule has 0 unspecified atom stereocenters. The molecule has 0 radical (unpaired) electrons. The molecule has 0 saturated carbocycles. The third-order valence-electron chi connectivity index (χ3n) is 0. The van der Waals surface area contributed by atoms with Gasteiger partial charge in [-0.3, -0.25) is 0 Å². The summed E-state index contributed by atoms with van der Waals surface area (Å²) in [7, 11) is 0. The van der Waals surface area contributed by atoms with Crippen LogP contribution < -0.4 is 23.7 Å². The molecular weight excluding hydrogens is 288 g/mol. The molecule has 0 aromatic heterocycles. The van der Waals surface area contributed by atoms with Gasteiger partial charge < -0.3 is 21.8 Å². The van der Waals surface area contributed by atoms with Crippen LogP contribution >= 0.6 is 0 Å². The Morgan fingerprint density at radius 1 is 0.684 bits per heavy atom. The predicted octanol–water partition coefficient (Wildman–Crippen LogP) is -2.93. The highest BCUT2D eigenvalue weighted by Gasteiger charge is 1.65. The number of nitro groups is 2. The van der Waals surface area contributed by atoms with Crippen LogP contribution in [-0.2, 0) is 0 Å². The quantitative estimate of drug-likeness (QED) is 0.133. The molecule has 19 heteroatoms. The van der Waals surface area contributed by atoms with Crippen LogP contribution in [0.3, 0.4) is 0 Å². The second-order valence-electron chi connectivity index (χ2n) is 1.05. The number of hydrogen-bond donors (Lipinski definition) is 7. The predicted molar refractivity (Wildman–Crippen MR) is 50.9 cm³/mol. The Hall–Kier alpha value is -3.32.